The van der Waals surface area contributed by atoms with Crippen LogP contribution in [0.5, 0.6) is 0 Å². The summed E-state index contributed by atoms with van der Waals surface area (Å²) in [6.07, 6.45) is 2.48. The highest BCUT2D eigenvalue weighted by Gasteiger charge is 2.03. The Hall–Kier alpha value is -2.14. The Bertz CT molecular complexity index is 491. The standard InChI is InChI=1S/C13H14N2O3/c16-15(17)12-5-3-11(4-6-12)7-8-14-10-13-2-1-9-18-13/h1-6,9,14H,7-8,10H2. The minimum Gasteiger partial charge on any atom is -0.468 e. The first-order valence-electron chi connectivity index (χ1n) is 5.72. The van der Waals surface area contributed by atoms with Crippen molar-refractivity contribution < 1.29 is 9.34 Å². The van der Waals surface area contributed by atoms with Crippen LogP contribution >= 0.6 is 0 Å². The molecule has 0 unspecified atom stereocenters. The van der Waals surface area contributed by atoms with Gasteiger partial charge in [-0.15, -0.1) is 0 Å². The van der Waals surface area contributed by atoms with Gasteiger partial charge in [-0.2, -0.15) is 0 Å². The van der Waals surface area contributed by atoms with Crippen molar-refractivity contribution in [2.45, 2.75) is 13.0 Å². The van der Waals surface area contributed by atoms with Crippen molar-refractivity contribution in [1.29, 1.82) is 0 Å². The van der Waals surface area contributed by atoms with Gasteiger partial charge in [0.15, 0.2) is 0 Å². The largest absolute Gasteiger partial charge is 0.468 e. The predicted octanol–water partition coefficient (Wildman–Crippen LogP) is 2.52. The van der Waals surface area contributed by atoms with E-state index in [-0.39, 0.29) is 10.6 Å². The summed E-state index contributed by atoms with van der Waals surface area (Å²) < 4.78 is 5.19. The SMILES string of the molecule is O=[N+]([O-])c1ccc(CCNCc2ccco2)cc1. The fraction of sp³-hybridized carbons (Fsp3) is 0.231. The number of non-ortho nitro benzene ring substituents is 1. The molecule has 1 aromatic carbocycles. The Morgan fingerprint density at radius 3 is 2.61 bits per heavy atom. The number of rotatable bonds is 6. The average Bonchev–Trinajstić information content (AvgIpc) is 2.88. The summed E-state index contributed by atoms with van der Waals surface area (Å²) in [5, 5.41) is 13.7. The van der Waals surface area contributed by atoms with Gasteiger partial charge in [0.1, 0.15) is 5.76 Å². The van der Waals surface area contributed by atoms with E-state index in [2.05, 4.69) is 5.32 Å². The molecule has 2 rings (SSSR count). The lowest BCUT2D eigenvalue weighted by molar-refractivity contribution is -0.384. The molecular weight excluding hydrogens is 232 g/mol. The monoisotopic (exact) mass is 246 g/mol. The highest BCUT2D eigenvalue weighted by molar-refractivity contribution is 5.32. The number of furan rings is 1. The lowest BCUT2D eigenvalue weighted by atomic mass is 10.1. The maximum atomic E-state index is 10.5. The zero-order valence-electron chi connectivity index (χ0n) is 9.83. The van der Waals surface area contributed by atoms with Crippen LogP contribution in [0.25, 0.3) is 0 Å². The summed E-state index contributed by atoms with van der Waals surface area (Å²) in [4.78, 5) is 10.1. The number of benzene rings is 1. The fourth-order valence-electron chi connectivity index (χ4n) is 1.64. The van der Waals surface area contributed by atoms with Gasteiger partial charge in [0.05, 0.1) is 17.7 Å². The van der Waals surface area contributed by atoms with E-state index in [0.29, 0.717) is 6.54 Å². The van der Waals surface area contributed by atoms with Gasteiger partial charge >= 0.3 is 0 Å². The quantitative estimate of drug-likeness (QED) is 0.483. The molecule has 0 fully saturated rings. The van der Waals surface area contributed by atoms with Gasteiger partial charge in [0.2, 0.25) is 0 Å². The zero-order valence-corrected chi connectivity index (χ0v) is 9.83. The minimum absolute atomic E-state index is 0.127. The number of nitrogens with one attached hydrogen (secondary N) is 1. The molecule has 0 spiro atoms. The molecule has 0 radical (unpaired) electrons. The van der Waals surface area contributed by atoms with Crippen LogP contribution in [-0.2, 0) is 13.0 Å². The summed E-state index contributed by atoms with van der Waals surface area (Å²) in [7, 11) is 0. The van der Waals surface area contributed by atoms with Crippen LogP contribution in [0.3, 0.4) is 0 Å². The van der Waals surface area contributed by atoms with Crippen LogP contribution in [0, 0.1) is 10.1 Å². The third-order valence-electron chi connectivity index (χ3n) is 2.62. The molecule has 1 N–H and O–H groups in total. The third-order valence-corrected chi connectivity index (χ3v) is 2.62. The van der Waals surface area contributed by atoms with E-state index >= 15 is 0 Å². The highest BCUT2D eigenvalue weighted by Crippen LogP contribution is 2.11. The van der Waals surface area contributed by atoms with Crippen molar-refractivity contribution >= 4 is 5.69 Å². The molecule has 0 amide bonds. The normalized spacial score (nSPS) is 10.4. The first-order valence-corrected chi connectivity index (χ1v) is 5.72. The summed E-state index contributed by atoms with van der Waals surface area (Å²) in [6, 6.07) is 10.4. The number of nitro groups is 1. The first kappa shape index (κ1) is 12.3. The van der Waals surface area contributed by atoms with E-state index in [1.807, 2.05) is 12.1 Å². The van der Waals surface area contributed by atoms with E-state index in [1.165, 1.54) is 12.1 Å². The molecule has 5 nitrogen and oxygen atoms in total. The second-order valence-corrected chi connectivity index (χ2v) is 3.93. The molecule has 0 atom stereocenters. The lowest BCUT2D eigenvalue weighted by Gasteiger charge is -2.03. The molecule has 0 saturated carbocycles. The van der Waals surface area contributed by atoms with E-state index in [1.54, 1.807) is 18.4 Å². The van der Waals surface area contributed by atoms with Gasteiger partial charge in [-0.25, -0.2) is 0 Å². The Labute approximate surface area is 105 Å². The van der Waals surface area contributed by atoms with Gasteiger partial charge < -0.3 is 9.73 Å². The fourth-order valence-corrected chi connectivity index (χ4v) is 1.64. The van der Waals surface area contributed by atoms with Crippen molar-refractivity contribution in [3.63, 3.8) is 0 Å². The van der Waals surface area contributed by atoms with E-state index in [4.69, 9.17) is 4.42 Å². The molecule has 2 aromatic rings. The summed E-state index contributed by atoms with van der Waals surface area (Å²) in [5.74, 6) is 0.902. The molecule has 18 heavy (non-hydrogen) atoms. The van der Waals surface area contributed by atoms with E-state index in [9.17, 15) is 10.1 Å². The Balaban J connectivity index is 1.75. The summed E-state index contributed by atoms with van der Waals surface area (Å²) in [6.45, 7) is 1.50. The van der Waals surface area contributed by atoms with Crippen LogP contribution in [0.4, 0.5) is 5.69 Å². The molecule has 0 aliphatic carbocycles. The molecule has 1 aromatic heterocycles. The van der Waals surface area contributed by atoms with E-state index < -0.39 is 0 Å². The Morgan fingerprint density at radius 1 is 1.22 bits per heavy atom. The molecular formula is C13H14N2O3. The highest BCUT2D eigenvalue weighted by atomic mass is 16.6. The molecule has 0 saturated heterocycles. The van der Waals surface area contributed by atoms with Crippen LogP contribution in [0.15, 0.2) is 47.1 Å². The van der Waals surface area contributed by atoms with Crippen LogP contribution in [-0.4, -0.2) is 11.5 Å². The number of nitro benzene ring substituents is 1. The Kier molecular flexibility index (Phi) is 4.09. The summed E-state index contributed by atoms with van der Waals surface area (Å²) in [5.41, 5.74) is 1.20. The average molecular weight is 246 g/mol. The molecule has 0 aliphatic rings. The van der Waals surface area contributed by atoms with Gasteiger partial charge in [0, 0.05) is 12.1 Å². The first-order chi connectivity index (χ1) is 8.75. The number of nitrogens with zero attached hydrogens (tertiary/aromatic N) is 1. The van der Waals surface area contributed by atoms with Crippen LogP contribution in [0.1, 0.15) is 11.3 Å². The van der Waals surface area contributed by atoms with Crippen molar-refractivity contribution in [2.75, 3.05) is 6.54 Å². The van der Waals surface area contributed by atoms with Crippen LogP contribution in [0.2, 0.25) is 0 Å². The number of hydrogen-bond donors (Lipinski definition) is 1. The zero-order chi connectivity index (χ0) is 12.8. The van der Waals surface area contributed by atoms with E-state index in [0.717, 1.165) is 24.3 Å². The van der Waals surface area contributed by atoms with Crippen molar-refractivity contribution in [3.05, 3.63) is 64.1 Å². The predicted molar refractivity (Wildman–Crippen MR) is 67.2 cm³/mol. The van der Waals surface area contributed by atoms with Crippen molar-refractivity contribution in [3.8, 4) is 0 Å². The second-order valence-electron chi connectivity index (χ2n) is 3.93. The minimum atomic E-state index is -0.390. The topological polar surface area (TPSA) is 68.3 Å². The number of hydrogen-bond acceptors (Lipinski definition) is 4. The maximum Gasteiger partial charge on any atom is 0.269 e. The van der Waals surface area contributed by atoms with Crippen molar-refractivity contribution in [1.82, 2.24) is 5.32 Å². The summed E-state index contributed by atoms with van der Waals surface area (Å²) >= 11 is 0. The molecule has 94 valence electrons. The second kappa shape index (κ2) is 5.97. The van der Waals surface area contributed by atoms with Gasteiger partial charge in [-0.05, 0) is 30.7 Å². The molecule has 5 heteroatoms. The third kappa shape index (κ3) is 3.43. The molecule has 1 heterocycles. The maximum absolute atomic E-state index is 10.5. The van der Waals surface area contributed by atoms with Gasteiger partial charge in [-0.3, -0.25) is 10.1 Å². The van der Waals surface area contributed by atoms with Crippen LogP contribution < -0.4 is 5.32 Å². The van der Waals surface area contributed by atoms with Crippen molar-refractivity contribution in [2.24, 2.45) is 0 Å². The Morgan fingerprint density at radius 2 is 2.00 bits per heavy atom. The lowest BCUT2D eigenvalue weighted by Crippen LogP contribution is -2.16. The van der Waals surface area contributed by atoms with Gasteiger partial charge in [0.25, 0.3) is 5.69 Å². The molecule has 0 aliphatic heterocycles. The smallest absolute Gasteiger partial charge is 0.269 e. The van der Waals surface area contributed by atoms with Gasteiger partial charge in [-0.1, -0.05) is 12.1 Å². The molecule has 0 bridgehead atoms.